The van der Waals surface area contributed by atoms with Gasteiger partial charge in [-0.25, -0.2) is 4.98 Å². The Morgan fingerprint density at radius 2 is 1.74 bits per heavy atom. The summed E-state index contributed by atoms with van der Waals surface area (Å²) in [5.41, 5.74) is 5.58. The van der Waals surface area contributed by atoms with Crippen LogP contribution in [0.3, 0.4) is 0 Å². The van der Waals surface area contributed by atoms with Gasteiger partial charge in [0.25, 0.3) is 0 Å². The molecular formula is C15H12Br2N2. The van der Waals surface area contributed by atoms with Crippen molar-refractivity contribution in [1.82, 2.24) is 9.97 Å². The van der Waals surface area contributed by atoms with Gasteiger partial charge in [0, 0.05) is 14.5 Å². The third kappa shape index (κ3) is 2.35. The minimum atomic E-state index is 0.912. The number of aromatic amines is 1. The van der Waals surface area contributed by atoms with E-state index in [1.54, 1.807) is 0 Å². The molecule has 0 unspecified atom stereocenters. The van der Waals surface area contributed by atoms with Gasteiger partial charge in [-0.2, -0.15) is 0 Å². The molecule has 0 aliphatic heterocycles. The van der Waals surface area contributed by atoms with Gasteiger partial charge in [0.1, 0.15) is 5.82 Å². The molecule has 19 heavy (non-hydrogen) atoms. The highest BCUT2D eigenvalue weighted by Gasteiger charge is 2.10. The zero-order valence-corrected chi connectivity index (χ0v) is 13.8. The van der Waals surface area contributed by atoms with Crippen molar-refractivity contribution in [3.05, 3.63) is 50.4 Å². The van der Waals surface area contributed by atoms with Crippen LogP contribution in [-0.4, -0.2) is 9.97 Å². The first-order valence-electron chi connectivity index (χ1n) is 5.97. The lowest BCUT2D eigenvalue weighted by Gasteiger charge is -2.02. The lowest BCUT2D eigenvalue weighted by atomic mass is 10.1. The van der Waals surface area contributed by atoms with Crippen LogP contribution in [-0.2, 0) is 0 Å². The highest BCUT2D eigenvalue weighted by molar-refractivity contribution is 9.10. The normalized spacial score (nSPS) is 11.2. The summed E-state index contributed by atoms with van der Waals surface area (Å²) in [4.78, 5) is 8.13. The van der Waals surface area contributed by atoms with Crippen molar-refractivity contribution in [1.29, 1.82) is 0 Å². The molecule has 2 aromatic carbocycles. The summed E-state index contributed by atoms with van der Waals surface area (Å²) >= 11 is 7.03. The number of H-pyrrole nitrogens is 1. The van der Waals surface area contributed by atoms with Crippen LogP contribution < -0.4 is 0 Å². The molecule has 2 nitrogen and oxygen atoms in total. The van der Waals surface area contributed by atoms with Gasteiger partial charge in [-0.15, -0.1) is 0 Å². The number of hydrogen-bond donors (Lipinski definition) is 1. The molecule has 1 heterocycles. The number of aryl methyl sites for hydroxylation is 2. The van der Waals surface area contributed by atoms with E-state index in [-0.39, 0.29) is 0 Å². The highest BCUT2D eigenvalue weighted by Crippen LogP contribution is 2.29. The Hall–Kier alpha value is -1.13. The number of nitrogens with one attached hydrogen (secondary N) is 1. The molecule has 0 bridgehead atoms. The van der Waals surface area contributed by atoms with Crippen LogP contribution >= 0.6 is 31.9 Å². The van der Waals surface area contributed by atoms with Crippen LogP contribution in [0.25, 0.3) is 22.4 Å². The van der Waals surface area contributed by atoms with Gasteiger partial charge in [0.2, 0.25) is 0 Å². The molecule has 1 N–H and O–H groups in total. The van der Waals surface area contributed by atoms with Gasteiger partial charge >= 0.3 is 0 Å². The van der Waals surface area contributed by atoms with Gasteiger partial charge in [0.15, 0.2) is 0 Å². The Balaban J connectivity index is 2.26. The van der Waals surface area contributed by atoms with Crippen molar-refractivity contribution >= 4 is 42.9 Å². The van der Waals surface area contributed by atoms with Gasteiger partial charge in [0.05, 0.1) is 11.0 Å². The molecule has 3 rings (SSSR count). The molecule has 96 valence electrons. The average molecular weight is 380 g/mol. The minimum absolute atomic E-state index is 0.912. The van der Waals surface area contributed by atoms with Crippen molar-refractivity contribution in [2.75, 3.05) is 0 Å². The van der Waals surface area contributed by atoms with Crippen LogP contribution in [0, 0.1) is 13.8 Å². The molecule has 0 atom stereocenters. The first-order chi connectivity index (χ1) is 9.04. The molecule has 0 fully saturated rings. The maximum absolute atomic E-state index is 4.73. The SMILES string of the molecule is Cc1ccc(Br)cc1-c1nc2c(C)cc(Br)cc2[nH]1. The molecule has 0 saturated heterocycles. The van der Waals surface area contributed by atoms with Crippen molar-refractivity contribution in [3.8, 4) is 11.4 Å². The van der Waals surface area contributed by atoms with Gasteiger partial charge in [-0.1, -0.05) is 37.9 Å². The summed E-state index contributed by atoms with van der Waals surface area (Å²) in [6.45, 7) is 4.17. The number of halogens is 2. The molecule has 1 aromatic heterocycles. The number of benzene rings is 2. The highest BCUT2D eigenvalue weighted by atomic mass is 79.9. The molecule has 0 aliphatic carbocycles. The second-order valence-electron chi connectivity index (χ2n) is 4.66. The fraction of sp³-hybridized carbons (Fsp3) is 0.133. The van der Waals surface area contributed by atoms with Crippen LogP contribution in [0.2, 0.25) is 0 Å². The minimum Gasteiger partial charge on any atom is -0.338 e. The van der Waals surface area contributed by atoms with E-state index in [0.29, 0.717) is 0 Å². The van der Waals surface area contributed by atoms with Crippen molar-refractivity contribution in [3.63, 3.8) is 0 Å². The quantitative estimate of drug-likeness (QED) is 0.604. The summed E-state index contributed by atoms with van der Waals surface area (Å²) in [6, 6.07) is 10.4. The van der Waals surface area contributed by atoms with Crippen molar-refractivity contribution in [2.45, 2.75) is 13.8 Å². The zero-order chi connectivity index (χ0) is 13.6. The van der Waals surface area contributed by atoms with E-state index in [2.05, 4.69) is 75.0 Å². The zero-order valence-electron chi connectivity index (χ0n) is 10.6. The molecule has 0 radical (unpaired) electrons. The van der Waals surface area contributed by atoms with Gasteiger partial charge < -0.3 is 4.98 Å². The Morgan fingerprint density at radius 1 is 0.947 bits per heavy atom. The monoisotopic (exact) mass is 378 g/mol. The molecule has 4 heteroatoms. The largest absolute Gasteiger partial charge is 0.338 e. The predicted octanol–water partition coefficient (Wildman–Crippen LogP) is 5.37. The Morgan fingerprint density at radius 3 is 2.53 bits per heavy atom. The summed E-state index contributed by atoms with van der Waals surface area (Å²) in [5.74, 6) is 0.912. The number of imidazole rings is 1. The molecule has 3 aromatic rings. The number of rotatable bonds is 1. The standard InChI is InChI=1S/C15H12Br2N2/c1-8-3-4-10(16)6-12(8)15-18-13-7-11(17)5-9(2)14(13)19-15/h3-7H,1-2H3,(H,18,19). The van der Waals surface area contributed by atoms with Gasteiger partial charge in [-0.3, -0.25) is 0 Å². The Kier molecular flexibility index (Phi) is 3.23. The Labute approximate surface area is 128 Å². The number of fused-ring (bicyclic) bond motifs is 1. The van der Waals surface area contributed by atoms with Crippen LogP contribution in [0.4, 0.5) is 0 Å². The summed E-state index contributed by atoms with van der Waals surface area (Å²) in [5, 5.41) is 0. The van der Waals surface area contributed by atoms with Gasteiger partial charge in [-0.05, 0) is 49.2 Å². The lowest BCUT2D eigenvalue weighted by molar-refractivity contribution is 1.30. The number of aromatic nitrogens is 2. The van der Waals surface area contributed by atoms with Crippen molar-refractivity contribution in [2.24, 2.45) is 0 Å². The molecule has 0 spiro atoms. The van der Waals surface area contributed by atoms with E-state index in [0.717, 1.165) is 31.4 Å². The number of nitrogens with zero attached hydrogens (tertiary/aromatic N) is 1. The fourth-order valence-electron chi connectivity index (χ4n) is 2.22. The van der Waals surface area contributed by atoms with Crippen LogP contribution in [0.1, 0.15) is 11.1 Å². The van der Waals surface area contributed by atoms with E-state index in [4.69, 9.17) is 4.98 Å². The second-order valence-corrected chi connectivity index (χ2v) is 6.49. The summed E-state index contributed by atoms with van der Waals surface area (Å²) in [7, 11) is 0. The first-order valence-corrected chi connectivity index (χ1v) is 7.55. The predicted molar refractivity (Wildman–Crippen MR) is 86.4 cm³/mol. The van der Waals surface area contributed by atoms with E-state index >= 15 is 0 Å². The molecule has 0 saturated carbocycles. The smallest absolute Gasteiger partial charge is 0.138 e. The Bertz CT molecular complexity index is 775. The van der Waals surface area contributed by atoms with E-state index in [1.807, 2.05) is 6.07 Å². The van der Waals surface area contributed by atoms with E-state index in [9.17, 15) is 0 Å². The fourth-order valence-corrected chi connectivity index (χ4v) is 3.16. The maximum atomic E-state index is 4.73. The summed E-state index contributed by atoms with van der Waals surface area (Å²) in [6.07, 6.45) is 0. The third-order valence-electron chi connectivity index (χ3n) is 3.20. The van der Waals surface area contributed by atoms with E-state index in [1.165, 1.54) is 11.1 Å². The summed E-state index contributed by atoms with van der Waals surface area (Å²) < 4.78 is 2.13. The van der Waals surface area contributed by atoms with Crippen molar-refractivity contribution < 1.29 is 0 Å². The van der Waals surface area contributed by atoms with E-state index < -0.39 is 0 Å². The molecule has 0 aliphatic rings. The first kappa shape index (κ1) is 12.9. The lowest BCUT2D eigenvalue weighted by Crippen LogP contribution is -1.85. The molecular weight excluding hydrogens is 368 g/mol. The molecule has 0 amide bonds. The number of hydrogen-bond acceptors (Lipinski definition) is 1. The van der Waals surface area contributed by atoms with Crippen LogP contribution in [0.5, 0.6) is 0 Å². The second kappa shape index (κ2) is 4.76. The third-order valence-corrected chi connectivity index (χ3v) is 4.15. The maximum Gasteiger partial charge on any atom is 0.138 e. The topological polar surface area (TPSA) is 28.7 Å². The van der Waals surface area contributed by atoms with Crippen LogP contribution in [0.15, 0.2) is 39.3 Å². The average Bonchev–Trinajstić information content (AvgIpc) is 2.76.